The van der Waals surface area contributed by atoms with Crippen molar-refractivity contribution in [3.05, 3.63) is 29.6 Å². The van der Waals surface area contributed by atoms with E-state index >= 15 is 0 Å². The zero-order chi connectivity index (χ0) is 14.3. The summed E-state index contributed by atoms with van der Waals surface area (Å²) in [4.78, 5) is 4.02. The summed E-state index contributed by atoms with van der Waals surface area (Å²) < 4.78 is 22.6. The second kappa shape index (κ2) is 7.05. The van der Waals surface area contributed by atoms with Gasteiger partial charge in [0.15, 0.2) is 15.7 Å². The van der Waals surface area contributed by atoms with Crippen molar-refractivity contribution in [2.24, 2.45) is 10.9 Å². The van der Waals surface area contributed by atoms with Gasteiger partial charge < -0.3 is 16.3 Å². The number of hydrogen-bond donors (Lipinski definition) is 3. The molecule has 1 rings (SSSR count). The molecule has 1 aromatic rings. The molecule has 0 amide bonds. The monoisotopic (exact) mass is 286 g/mol. The van der Waals surface area contributed by atoms with E-state index in [0.717, 1.165) is 5.56 Å². The fourth-order valence-electron chi connectivity index (χ4n) is 1.45. The van der Waals surface area contributed by atoms with Gasteiger partial charge in [-0.15, -0.1) is 0 Å². The molecule has 0 unspecified atom stereocenters. The Balaban J connectivity index is 2.59. The number of pyridine rings is 1. The van der Waals surface area contributed by atoms with E-state index in [1.807, 2.05) is 0 Å². The van der Waals surface area contributed by atoms with Crippen molar-refractivity contribution in [1.82, 2.24) is 10.3 Å². The highest BCUT2D eigenvalue weighted by molar-refractivity contribution is 7.91. The van der Waals surface area contributed by atoms with Gasteiger partial charge in [0.25, 0.3) is 0 Å². The van der Waals surface area contributed by atoms with Crippen molar-refractivity contribution in [2.75, 3.05) is 18.1 Å². The highest BCUT2D eigenvalue weighted by Gasteiger charge is 2.09. The van der Waals surface area contributed by atoms with Crippen LogP contribution in [0.3, 0.4) is 0 Å². The summed E-state index contributed by atoms with van der Waals surface area (Å²) in [6.07, 6.45) is 1.54. The molecule has 4 N–H and O–H groups in total. The Hall–Kier alpha value is -1.67. The molecule has 0 bridgehead atoms. The lowest BCUT2D eigenvalue weighted by Gasteiger charge is -2.08. The molecule has 0 atom stereocenters. The number of sulfone groups is 1. The van der Waals surface area contributed by atoms with E-state index in [1.165, 1.54) is 0 Å². The zero-order valence-corrected chi connectivity index (χ0v) is 11.5. The van der Waals surface area contributed by atoms with Gasteiger partial charge in [-0.2, -0.15) is 0 Å². The van der Waals surface area contributed by atoms with Crippen LogP contribution in [0.5, 0.6) is 0 Å². The average Bonchev–Trinajstić information content (AvgIpc) is 2.43. The number of nitrogens with one attached hydrogen (secondary N) is 1. The molecule has 0 aromatic carbocycles. The van der Waals surface area contributed by atoms with Gasteiger partial charge in [0.1, 0.15) is 5.69 Å². The van der Waals surface area contributed by atoms with Crippen LogP contribution in [0.2, 0.25) is 0 Å². The lowest BCUT2D eigenvalue weighted by Crippen LogP contribution is -2.25. The van der Waals surface area contributed by atoms with E-state index < -0.39 is 9.84 Å². The molecule has 0 radical (unpaired) electrons. The largest absolute Gasteiger partial charge is 0.409 e. The van der Waals surface area contributed by atoms with Crippen molar-refractivity contribution in [3.8, 4) is 0 Å². The first-order valence-corrected chi connectivity index (χ1v) is 7.65. The topological polar surface area (TPSA) is 118 Å². The second-order valence-corrected chi connectivity index (χ2v) is 6.38. The Bertz CT molecular complexity index is 543. The van der Waals surface area contributed by atoms with Gasteiger partial charge in [-0.1, -0.05) is 18.1 Å². The van der Waals surface area contributed by atoms with E-state index in [9.17, 15) is 8.42 Å². The summed E-state index contributed by atoms with van der Waals surface area (Å²) in [5.74, 6) is 0.151. The molecule has 0 aliphatic carbocycles. The second-order valence-electron chi connectivity index (χ2n) is 3.91. The van der Waals surface area contributed by atoms with Crippen LogP contribution in [-0.2, 0) is 16.4 Å². The molecular weight excluding hydrogens is 268 g/mol. The first kappa shape index (κ1) is 15.4. The lowest BCUT2D eigenvalue weighted by molar-refractivity contribution is 0.318. The lowest BCUT2D eigenvalue weighted by atomic mass is 10.2. The molecule has 0 spiro atoms. The van der Waals surface area contributed by atoms with Crippen LogP contribution in [-0.4, -0.2) is 42.5 Å². The van der Waals surface area contributed by atoms with Crippen LogP contribution in [0.4, 0.5) is 0 Å². The maximum Gasteiger partial charge on any atom is 0.189 e. The highest BCUT2D eigenvalue weighted by atomic mass is 32.2. The SMILES string of the molecule is CCS(=O)(=O)CCNCc1cccnc1/C(N)=N/O. The molecule has 1 aromatic heterocycles. The number of rotatable bonds is 7. The first-order chi connectivity index (χ1) is 9.00. The van der Waals surface area contributed by atoms with Gasteiger partial charge in [-0.25, -0.2) is 8.42 Å². The molecule has 0 aliphatic heterocycles. The predicted molar refractivity (Wildman–Crippen MR) is 72.8 cm³/mol. The molecule has 106 valence electrons. The molecule has 0 aliphatic rings. The highest BCUT2D eigenvalue weighted by Crippen LogP contribution is 2.04. The maximum absolute atomic E-state index is 11.3. The number of nitrogens with zero attached hydrogens (tertiary/aromatic N) is 2. The average molecular weight is 286 g/mol. The van der Waals surface area contributed by atoms with Crippen molar-refractivity contribution in [1.29, 1.82) is 0 Å². The van der Waals surface area contributed by atoms with Gasteiger partial charge in [0.2, 0.25) is 0 Å². The number of oxime groups is 1. The Labute approximate surface area is 112 Å². The summed E-state index contributed by atoms with van der Waals surface area (Å²) in [5, 5.41) is 14.6. The Morgan fingerprint density at radius 2 is 2.32 bits per heavy atom. The van der Waals surface area contributed by atoms with Crippen molar-refractivity contribution in [2.45, 2.75) is 13.5 Å². The summed E-state index contributed by atoms with van der Waals surface area (Å²) >= 11 is 0. The summed E-state index contributed by atoms with van der Waals surface area (Å²) in [6, 6.07) is 3.51. The molecule has 0 saturated carbocycles. The van der Waals surface area contributed by atoms with Gasteiger partial charge >= 0.3 is 0 Å². The predicted octanol–water partition coefficient (Wildman–Crippen LogP) is -0.300. The van der Waals surface area contributed by atoms with Crippen LogP contribution in [0.1, 0.15) is 18.2 Å². The third-order valence-corrected chi connectivity index (χ3v) is 4.29. The minimum Gasteiger partial charge on any atom is -0.409 e. The fraction of sp³-hybridized carbons (Fsp3) is 0.455. The van der Waals surface area contributed by atoms with E-state index in [0.29, 0.717) is 18.8 Å². The van der Waals surface area contributed by atoms with Crippen LogP contribution in [0, 0.1) is 0 Å². The molecule has 19 heavy (non-hydrogen) atoms. The van der Waals surface area contributed by atoms with Gasteiger partial charge in [0, 0.05) is 25.0 Å². The smallest absolute Gasteiger partial charge is 0.189 e. The third-order valence-electron chi connectivity index (χ3n) is 2.59. The third kappa shape index (κ3) is 4.84. The van der Waals surface area contributed by atoms with E-state index in [4.69, 9.17) is 10.9 Å². The fourth-order valence-corrected chi connectivity index (χ4v) is 2.20. The Kier molecular flexibility index (Phi) is 5.71. The van der Waals surface area contributed by atoms with Crippen LogP contribution in [0.15, 0.2) is 23.5 Å². The van der Waals surface area contributed by atoms with Crippen molar-refractivity contribution < 1.29 is 13.6 Å². The molecule has 0 saturated heterocycles. The van der Waals surface area contributed by atoms with Crippen LogP contribution < -0.4 is 11.1 Å². The molecule has 0 fully saturated rings. The standard InChI is InChI=1S/C11H18N4O3S/c1-2-19(17,18)7-6-13-8-9-4-3-5-14-10(9)11(12)15-16/h3-5,13,16H,2,6-8H2,1H3,(H2,12,15). The molecule has 8 heteroatoms. The van der Waals surface area contributed by atoms with Gasteiger partial charge in [-0.3, -0.25) is 4.98 Å². The number of nitrogens with two attached hydrogens (primary N) is 1. The maximum atomic E-state index is 11.3. The van der Waals surface area contributed by atoms with E-state index in [1.54, 1.807) is 25.3 Å². The summed E-state index contributed by atoms with van der Waals surface area (Å²) in [7, 11) is -2.97. The van der Waals surface area contributed by atoms with Gasteiger partial charge in [-0.05, 0) is 11.6 Å². The van der Waals surface area contributed by atoms with Crippen molar-refractivity contribution in [3.63, 3.8) is 0 Å². The van der Waals surface area contributed by atoms with Gasteiger partial charge in [0.05, 0.1) is 5.75 Å². The van der Waals surface area contributed by atoms with Crippen LogP contribution in [0.25, 0.3) is 0 Å². The van der Waals surface area contributed by atoms with Crippen LogP contribution >= 0.6 is 0 Å². The number of amidine groups is 1. The first-order valence-electron chi connectivity index (χ1n) is 5.83. The Morgan fingerprint density at radius 3 is 2.95 bits per heavy atom. The van der Waals surface area contributed by atoms with E-state index in [2.05, 4.69) is 15.5 Å². The van der Waals surface area contributed by atoms with Crippen molar-refractivity contribution >= 4 is 15.7 Å². The molecular formula is C11H18N4O3S. The summed E-state index contributed by atoms with van der Waals surface area (Å²) in [5.41, 5.74) is 6.63. The number of hydrogen-bond acceptors (Lipinski definition) is 6. The quantitative estimate of drug-likeness (QED) is 0.208. The summed E-state index contributed by atoms with van der Waals surface area (Å²) in [6.45, 7) is 2.37. The zero-order valence-electron chi connectivity index (χ0n) is 10.7. The number of aromatic nitrogens is 1. The molecule has 7 nitrogen and oxygen atoms in total. The van der Waals surface area contributed by atoms with E-state index in [-0.39, 0.29) is 17.3 Å². The minimum atomic E-state index is -2.97. The Morgan fingerprint density at radius 1 is 1.58 bits per heavy atom. The minimum absolute atomic E-state index is 0.0708. The normalized spacial score (nSPS) is 12.6. The molecule has 1 heterocycles.